The van der Waals surface area contributed by atoms with Gasteiger partial charge in [0.05, 0.1) is 18.1 Å². The zero-order valence-electron chi connectivity index (χ0n) is 31.7. The Morgan fingerprint density at radius 1 is 0.579 bits per heavy atom. The quantitative estimate of drug-likeness (QED) is 0.0239. The van der Waals surface area contributed by atoms with Gasteiger partial charge in [0.2, 0.25) is 5.06 Å². The molecule has 4 heterocycles. The van der Waals surface area contributed by atoms with Crippen LogP contribution in [0.1, 0.15) is 81.9 Å². The van der Waals surface area contributed by atoms with E-state index >= 15 is 0 Å². The summed E-state index contributed by atoms with van der Waals surface area (Å²) in [6, 6.07) is 20.4. The van der Waals surface area contributed by atoms with Gasteiger partial charge in [-0.05, 0) is 119 Å². The van der Waals surface area contributed by atoms with Crippen LogP contribution in [0.3, 0.4) is 0 Å². The number of unbranched alkanes of at least 4 members (excludes halogenated alkanes) is 9. The van der Waals surface area contributed by atoms with Crippen molar-refractivity contribution in [3.63, 3.8) is 0 Å². The van der Waals surface area contributed by atoms with E-state index in [0.717, 1.165) is 134 Å². The third-order valence-electron chi connectivity index (χ3n) is 8.69. The van der Waals surface area contributed by atoms with E-state index in [4.69, 9.17) is 29.1 Å². The third kappa shape index (κ3) is 14.9. The van der Waals surface area contributed by atoms with E-state index in [-0.39, 0.29) is 6.61 Å². The topological polar surface area (TPSA) is 158 Å². The minimum Gasteiger partial charge on any atom is -0.493 e. The Bertz CT molecular complexity index is 2080. The fourth-order valence-electron chi connectivity index (χ4n) is 5.85. The predicted octanol–water partition coefficient (Wildman–Crippen LogP) is 12.0. The monoisotopic (exact) mass is 889 g/mol. The summed E-state index contributed by atoms with van der Waals surface area (Å²) >= 11 is 6.32. The molecule has 0 bridgehead atoms. The molecule has 2 atom stereocenters. The number of ether oxygens (including phenoxy) is 2. The molecular formula is C41H49NO9P2S4+2. The number of aliphatic hydroxyl groups excluding tert-OH is 1. The lowest BCUT2D eigenvalue weighted by Crippen LogP contribution is -2.03. The van der Waals surface area contributed by atoms with E-state index in [1.807, 2.05) is 12.1 Å². The van der Waals surface area contributed by atoms with Gasteiger partial charge in [-0.1, -0.05) is 42.4 Å². The Balaban J connectivity index is 1.35. The predicted molar refractivity (Wildman–Crippen MR) is 235 cm³/mol. The van der Waals surface area contributed by atoms with Crippen LogP contribution in [0.25, 0.3) is 40.4 Å². The molecule has 0 spiro atoms. The van der Waals surface area contributed by atoms with Gasteiger partial charge >= 0.3 is 16.5 Å². The molecule has 0 saturated heterocycles. The van der Waals surface area contributed by atoms with E-state index in [2.05, 4.69) is 54.3 Å². The summed E-state index contributed by atoms with van der Waals surface area (Å²) in [6.45, 7) is 2.20. The lowest BCUT2D eigenvalue weighted by molar-refractivity contribution is 0.266. The van der Waals surface area contributed by atoms with Crippen LogP contribution < -0.4 is 19.7 Å². The average molecular weight is 890 g/mol. The van der Waals surface area contributed by atoms with Crippen LogP contribution in [0.2, 0.25) is 0 Å². The van der Waals surface area contributed by atoms with Crippen LogP contribution in [0.5, 0.6) is 16.6 Å². The van der Waals surface area contributed by atoms with E-state index in [1.165, 1.54) is 11.3 Å². The molecule has 0 aliphatic rings. The second kappa shape index (κ2) is 24.8. The van der Waals surface area contributed by atoms with Crippen LogP contribution in [-0.2, 0) is 13.7 Å². The lowest BCUT2D eigenvalue weighted by Gasteiger charge is -2.17. The number of rotatable bonds is 26. The van der Waals surface area contributed by atoms with Crippen LogP contribution in [0.15, 0.2) is 60.7 Å². The Labute approximate surface area is 352 Å². The zero-order chi connectivity index (χ0) is 40.2. The van der Waals surface area contributed by atoms with E-state index < -0.39 is 16.5 Å². The highest BCUT2D eigenvalue weighted by molar-refractivity contribution is 7.33. The average Bonchev–Trinajstić information content (AvgIpc) is 4.03. The fourth-order valence-corrected chi connectivity index (χ4v) is 10.5. The summed E-state index contributed by atoms with van der Waals surface area (Å²) in [7, 11) is -5.24. The number of aliphatic hydroxyl groups is 1. The second-order valence-electron chi connectivity index (χ2n) is 13.0. The molecule has 1 aromatic carbocycles. The van der Waals surface area contributed by atoms with Crippen molar-refractivity contribution in [2.75, 3.05) is 33.0 Å². The van der Waals surface area contributed by atoms with Gasteiger partial charge in [0.1, 0.15) is 18.1 Å². The SMILES string of the molecule is NCCCCCOc1cc(-c2ccc(-c3ccc(O[P+](=O)O)s3)s2)c(OCCCCCO)cc1-c1ccc(-c2ccc(C#CCCCCCCCO[P+](=O)O)s2)s1. The minimum atomic E-state index is -2.73. The van der Waals surface area contributed by atoms with E-state index in [9.17, 15) is 19.1 Å². The Morgan fingerprint density at radius 2 is 1.11 bits per heavy atom. The zero-order valence-corrected chi connectivity index (χ0v) is 36.7. The van der Waals surface area contributed by atoms with Gasteiger partial charge in [0.25, 0.3) is 0 Å². The Hall–Kier alpha value is -3.02. The molecule has 5 aromatic rings. The lowest BCUT2D eigenvalue weighted by atomic mass is 10.1. The van der Waals surface area contributed by atoms with Gasteiger partial charge in [-0.3, -0.25) is 0 Å². The molecule has 5 rings (SSSR count). The highest BCUT2D eigenvalue weighted by atomic mass is 32.1. The second-order valence-corrected chi connectivity index (χ2v) is 18.7. The number of hydrogen-bond acceptors (Lipinski definition) is 12. The number of thiophene rings is 4. The van der Waals surface area contributed by atoms with Gasteiger partial charge in [-0.2, -0.15) is 0 Å². The van der Waals surface area contributed by atoms with E-state index in [1.54, 1.807) is 40.1 Å². The molecule has 0 radical (unpaired) electrons. The first-order valence-corrected chi connectivity index (χ1v) is 24.6. The maximum absolute atomic E-state index is 11.2. The van der Waals surface area contributed by atoms with Crippen LogP contribution in [0, 0.1) is 11.8 Å². The molecule has 0 fully saturated rings. The molecule has 0 saturated carbocycles. The highest BCUT2D eigenvalue weighted by Gasteiger charge is 2.21. The summed E-state index contributed by atoms with van der Waals surface area (Å²) in [5, 5.41) is 9.69. The maximum Gasteiger partial charge on any atom is 0.748 e. The summed E-state index contributed by atoms with van der Waals surface area (Å²) in [6.07, 6.45) is 11.0. The van der Waals surface area contributed by atoms with Gasteiger partial charge in [-0.15, -0.1) is 48.3 Å². The first-order chi connectivity index (χ1) is 27.8. The van der Waals surface area contributed by atoms with Crippen molar-refractivity contribution in [2.45, 2.75) is 77.0 Å². The van der Waals surface area contributed by atoms with Gasteiger partial charge in [0.15, 0.2) is 0 Å². The van der Waals surface area contributed by atoms with Crippen molar-refractivity contribution in [1.29, 1.82) is 0 Å². The van der Waals surface area contributed by atoms with Gasteiger partial charge < -0.3 is 20.3 Å². The molecule has 16 heteroatoms. The molecule has 2 unspecified atom stereocenters. The van der Waals surface area contributed by atoms with Crippen molar-refractivity contribution in [3.8, 4) is 68.8 Å². The first-order valence-electron chi connectivity index (χ1n) is 19.1. The number of hydrogen-bond donors (Lipinski definition) is 4. The smallest absolute Gasteiger partial charge is 0.493 e. The van der Waals surface area contributed by atoms with E-state index in [0.29, 0.717) is 31.4 Å². The molecule has 4 aromatic heterocycles. The molecule has 10 nitrogen and oxygen atoms in total. The van der Waals surface area contributed by atoms with Gasteiger partial charge in [0, 0.05) is 62.5 Å². The number of benzene rings is 1. The molecular weight excluding hydrogens is 841 g/mol. The molecule has 0 amide bonds. The van der Waals surface area contributed by atoms with Crippen molar-refractivity contribution < 1.29 is 42.5 Å². The largest absolute Gasteiger partial charge is 0.748 e. The molecule has 57 heavy (non-hydrogen) atoms. The normalized spacial score (nSPS) is 11.6. The fraction of sp³-hybridized carbons (Fsp3) is 0.415. The summed E-state index contributed by atoms with van der Waals surface area (Å²) < 4.78 is 44.6. The first kappa shape index (κ1) is 45.1. The Morgan fingerprint density at radius 3 is 1.74 bits per heavy atom. The maximum atomic E-state index is 11.2. The summed E-state index contributed by atoms with van der Waals surface area (Å²) in [5.74, 6) is 8.18. The van der Waals surface area contributed by atoms with Crippen LogP contribution in [0.4, 0.5) is 0 Å². The Kier molecular flexibility index (Phi) is 19.6. The van der Waals surface area contributed by atoms with Crippen molar-refractivity contribution >= 4 is 61.9 Å². The molecule has 5 N–H and O–H groups in total. The third-order valence-corrected chi connectivity index (χ3v) is 14.2. The summed E-state index contributed by atoms with van der Waals surface area (Å²) in [4.78, 5) is 25.2. The highest BCUT2D eigenvalue weighted by Crippen LogP contribution is 2.48. The number of nitrogens with two attached hydrogens (primary N) is 1. The van der Waals surface area contributed by atoms with Gasteiger partial charge in [-0.25, -0.2) is 4.52 Å². The van der Waals surface area contributed by atoms with Crippen molar-refractivity contribution in [3.05, 3.63) is 65.5 Å². The van der Waals surface area contributed by atoms with Crippen molar-refractivity contribution in [2.24, 2.45) is 5.73 Å². The van der Waals surface area contributed by atoms with Crippen LogP contribution >= 0.6 is 61.9 Å². The van der Waals surface area contributed by atoms with Crippen molar-refractivity contribution in [1.82, 2.24) is 0 Å². The minimum absolute atomic E-state index is 0.158. The molecule has 304 valence electrons. The standard InChI is InChI=1S/C41H47NO9P2S4/c42-23-9-6-11-25-48-33-29-32(36-18-20-39(56-36)40-21-22-41(57-40)51-53(46)47)34(49-26-12-7-10-24-43)28-31(33)35-17-19-38(55-35)37-16-15-30(54-37)14-8-4-2-1-3-5-13-27-50-52(44)45/h15-22,28-29,43H,1-7,9-13,23-27,42H2/p+2. The summed E-state index contributed by atoms with van der Waals surface area (Å²) in [5.41, 5.74) is 7.64. The molecule has 0 aliphatic heterocycles. The van der Waals surface area contributed by atoms with Crippen LogP contribution in [-0.4, -0.2) is 47.9 Å². The molecule has 0 aliphatic carbocycles.